The Labute approximate surface area is 160 Å². The van der Waals surface area contributed by atoms with Crippen LogP contribution in [-0.2, 0) is 20.6 Å². The predicted octanol–water partition coefficient (Wildman–Crippen LogP) is 0.476. The molecule has 0 unspecified atom stereocenters. The van der Waals surface area contributed by atoms with Crippen molar-refractivity contribution >= 4 is 16.9 Å². The average molecular weight is 380 g/mol. The van der Waals surface area contributed by atoms with E-state index in [1.54, 1.807) is 11.5 Å². The quantitative estimate of drug-likeness (QED) is 0.644. The molecule has 0 saturated carbocycles. The largest absolute Gasteiger partial charge is 0.370 e. The summed E-state index contributed by atoms with van der Waals surface area (Å²) in [6, 6.07) is 9.26. The number of nitriles is 1. The molecular weight excluding hydrogens is 360 g/mol. The summed E-state index contributed by atoms with van der Waals surface area (Å²) < 4.78 is 3.79. The highest BCUT2D eigenvalue weighted by Crippen LogP contribution is 2.11. The van der Waals surface area contributed by atoms with Gasteiger partial charge < -0.3 is 9.88 Å². The van der Waals surface area contributed by atoms with Gasteiger partial charge in [0.15, 0.2) is 5.56 Å². The Balaban J connectivity index is 1.84. The zero-order chi connectivity index (χ0) is 20.4. The van der Waals surface area contributed by atoms with Crippen molar-refractivity contribution in [3.8, 4) is 6.07 Å². The van der Waals surface area contributed by atoms with Gasteiger partial charge >= 0.3 is 5.69 Å². The normalized spacial score (nSPS) is 10.8. The molecule has 0 spiro atoms. The highest BCUT2D eigenvalue weighted by atomic mass is 16.2. The van der Waals surface area contributed by atoms with Crippen molar-refractivity contribution in [3.05, 3.63) is 66.7 Å². The Morgan fingerprint density at radius 1 is 1.11 bits per heavy atom. The molecule has 0 aliphatic rings. The van der Waals surface area contributed by atoms with Crippen LogP contribution < -0.4 is 22.1 Å². The summed E-state index contributed by atoms with van der Waals surface area (Å²) in [4.78, 5) is 41.0. The van der Waals surface area contributed by atoms with E-state index in [1.165, 1.54) is 18.7 Å². The van der Waals surface area contributed by atoms with E-state index in [0.717, 1.165) is 15.6 Å². The lowest BCUT2D eigenvalue weighted by atomic mass is 10.2. The van der Waals surface area contributed by atoms with Crippen LogP contribution >= 0.6 is 0 Å². The Hall–Kier alpha value is -3.67. The minimum atomic E-state index is -0.639. The Bertz CT molecular complexity index is 1280. The van der Waals surface area contributed by atoms with Gasteiger partial charge in [-0.05, 0) is 25.5 Å². The molecule has 28 heavy (non-hydrogen) atoms. The molecule has 3 rings (SSSR count). The third kappa shape index (κ3) is 3.20. The van der Waals surface area contributed by atoms with E-state index in [1.807, 2.05) is 30.3 Å². The van der Waals surface area contributed by atoms with Crippen LogP contribution in [0.2, 0.25) is 0 Å². The number of benzene rings is 1. The number of nitrogens with one attached hydrogen (secondary N) is 1. The molecule has 0 amide bonds. The third-order valence-corrected chi connectivity index (χ3v) is 4.64. The number of nitrogens with zero attached hydrogens (tertiary/aromatic N) is 5. The maximum atomic E-state index is 12.5. The first-order valence-electron chi connectivity index (χ1n) is 8.77. The van der Waals surface area contributed by atoms with Gasteiger partial charge in [0.1, 0.15) is 17.6 Å². The van der Waals surface area contributed by atoms with Gasteiger partial charge in [-0.1, -0.05) is 12.1 Å². The van der Waals surface area contributed by atoms with Crippen molar-refractivity contribution in [1.82, 2.24) is 18.7 Å². The van der Waals surface area contributed by atoms with Crippen LogP contribution in [0.15, 0.2) is 38.6 Å². The van der Waals surface area contributed by atoms with Crippen LogP contribution in [0.25, 0.3) is 11.0 Å². The maximum absolute atomic E-state index is 12.5. The molecule has 2 aromatic heterocycles. The van der Waals surface area contributed by atoms with Crippen LogP contribution in [0.4, 0.5) is 5.82 Å². The molecule has 1 aromatic carbocycles. The predicted molar refractivity (Wildman–Crippen MR) is 105 cm³/mol. The number of para-hydroxylation sites is 2. The standard InChI is InChI=1S/C19H20N6O3/c1-12-17(26)25(15-8-5-4-7-14(15)22-12)10-6-9-21-16-13(11-20)18(27)24(3)19(28)23(16)2/h4-5,7-8,21H,6,9-10H2,1-3H3. The van der Waals surface area contributed by atoms with Crippen LogP contribution in [-0.4, -0.2) is 25.2 Å². The molecule has 0 aliphatic heterocycles. The Morgan fingerprint density at radius 2 is 1.82 bits per heavy atom. The number of aromatic nitrogens is 4. The summed E-state index contributed by atoms with van der Waals surface area (Å²) in [6.45, 7) is 2.48. The molecule has 2 heterocycles. The van der Waals surface area contributed by atoms with Crippen molar-refractivity contribution in [2.45, 2.75) is 19.9 Å². The summed E-state index contributed by atoms with van der Waals surface area (Å²) in [5.41, 5.74) is 0.486. The fourth-order valence-electron chi connectivity index (χ4n) is 3.14. The molecule has 3 aromatic rings. The minimum Gasteiger partial charge on any atom is -0.370 e. The van der Waals surface area contributed by atoms with Crippen molar-refractivity contribution in [1.29, 1.82) is 5.26 Å². The van der Waals surface area contributed by atoms with Gasteiger partial charge in [-0.2, -0.15) is 5.26 Å². The first-order chi connectivity index (χ1) is 13.4. The SMILES string of the molecule is Cc1nc2ccccc2n(CCCNc2c(C#N)c(=O)n(C)c(=O)n2C)c1=O. The molecular formula is C19H20N6O3. The first kappa shape index (κ1) is 19.1. The molecule has 0 bridgehead atoms. The van der Waals surface area contributed by atoms with Gasteiger partial charge in [0.25, 0.3) is 11.1 Å². The Kier molecular flexibility index (Phi) is 5.13. The van der Waals surface area contributed by atoms with Gasteiger partial charge in [0.05, 0.1) is 11.0 Å². The van der Waals surface area contributed by atoms with E-state index in [4.69, 9.17) is 0 Å². The van der Waals surface area contributed by atoms with E-state index >= 15 is 0 Å². The van der Waals surface area contributed by atoms with Gasteiger partial charge in [0, 0.05) is 27.2 Å². The van der Waals surface area contributed by atoms with E-state index in [9.17, 15) is 19.6 Å². The molecule has 144 valence electrons. The summed E-state index contributed by atoms with van der Waals surface area (Å²) >= 11 is 0. The molecule has 9 heteroatoms. The smallest absolute Gasteiger partial charge is 0.332 e. The summed E-state index contributed by atoms with van der Waals surface area (Å²) in [5.74, 6) is 0.179. The molecule has 0 fully saturated rings. The zero-order valence-electron chi connectivity index (χ0n) is 15.9. The molecule has 9 nitrogen and oxygen atoms in total. The van der Waals surface area contributed by atoms with Crippen molar-refractivity contribution < 1.29 is 0 Å². The second kappa shape index (κ2) is 7.52. The topological polar surface area (TPSA) is 115 Å². The Morgan fingerprint density at radius 3 is 2.54 bits per heavy atom. The fraction of sp³-hybridized carbons (Fsp3) is 0.316. The number of hydrogen-bond donors (Lipinski definition) is 1. The lowest BCUT2D eigenvalue weighted by Gasteiger charge is -2.14. The van der Waals surface area contributed by atoms with E-state index < -0.39 is 11.2 Å². The van der Waals surface area contributed by atoms with E-state index in [0.29, 0.717) is 25.2 Å². The van der Waals surface area contributed by atoms with Gasteiger partial charge in [-0.25, -0.2) is 9.78 Å². The van der Waals surface area contributed by atoms with Crippen LogP contribution in [0.5, 0.6) is 0 Å². The monoisotopic (exact) mass is 380 g/mol. The number of hydrogen-bond acceptors (Lipinski definition) is 6. The summed E-state index contributed by atoms with van der Waals surface area (Å²) in [7, 11) is 2.83. The lowest BCUT2D eigenvalue weighted by molar-refractivity contribution is 0.644. The van der Waals surface area contributed by atoms with Gasteiger partial charge in [0.2, 0.25) is 0 Å². The minimum absolute atomic E-state index is 0.119. The van der Waals surface area contributed by atoms with E-state index in [2.05, 4.69) is 10.3 Å². The zero-order valence-corrected chi connectivity index (χ0v) is 15.9. The fourth-order valence-corrected chi connectivity index (χ4v) is 3.14. The van der Waals surface area contributed by atoms with E-state index in [-0.39, 0.29) is 16.9 Å². The lowest BCUT2D eigenvalue weighted by Crippen LogP contribution is -2.40. The number of fused-ring (bicyclic) bond motifs is 1. The number of rotatable bonds is 5. The summed E-state index contributed by atoms with van der Waals surface area (Å²) in [6.07, 6.45) is 0.543. The van der Waals surface area contributed by atoms with Gasteiger partial charge in [-0.15, -0.1) is 0 Å². The molecule has 0 saturated heterocycles. The van der Waals surface area contributed by atoms with Crippen molar-refractivity contribution in [2.24, 2.45) is 14.1 Å². The molecule has 0 aliphatic carbocycles. The van der Waals surface area contributed by atoms with Gasteiger partial charge in [-0.3, -0.25) is 18.7 Å². The molecule has 0 atom stereocenters. The second-order valence-electron chi connectivity index (χ2n) is 6.46. The third-order valence-electron chi connectivity index (χ3n) is 4.64. The van der Waals surface area contributed by atoms with Crippen LogP contribution in [0, 0.1) is 18.3 Å². The average Bonchev–Trinajstić information content (AvgIpc) is 2.69. The number of aryl methyl sites for hydroxylation is 2. The highest BCUT2D eigenvalue weighted by Gasteiger charge is 2.15. The highest BCUT2D eigenvalue weighted by molar-refractivity contribution is 5.74. The first-order valence-corrected chi connectivity index (χ1v) is 8.77. The van der Waals surface area contributed by atoms with Crippen LogP contribution in [0.3, 0.4) is 0 Å². The van der Waals surface area contributed by atoms with Crippen molar-refractivity contribution in [2.75, 3.05) is 11.9 Å². The molecule has 1 N–H and O–H groups in total. The van der Waals surface area contributed by atoms with Crippen molar-refractivity contribution in [3.63, 3.8) is 0 Å². The molecule has 0 radical (unpaired) electrons. The second-order valence-corrected chi connectivity index (χ2v) is 6.46. The maximum Gasteiger partial charge on any atom is 0.332 e. The van der Waals surface area contributed by atoms with Crippen LogP contribution in [0.1, 0.15) is 17.7 Å². The number of anilines is 1. The summed E-state index contributed by atoms with van der Waals surface area (Å²) in [5, 5.41) is 12.3.